The Balaban J connectivity index is 2.76. The van der Waals surface area contributed by atoms with Crippen molar-refractivity contribution in [1.82, 2.24) is 4.90 Å². The molecule has 3 nitrogen and oxygen atoms in total. The lowest BCUT2D eigenvalue weighted by Gasteiger charge is -2.33. The molecule has 1 saturated heterocycles. The molecule has 1 heterocycles. The number of aliphatic hydroxyl groups excluding tert-OH is 1. The molecule has 0 amide bonds. The lowest BCUT2D eigenvalue weighted by molar-refractivity contribution is -0.0914. The van der Waals surface area contributed by atoms with Gasteiger partial charge in [0.2, 0.25) is 0 Å². The van der Waals surface area contributed by atoms with Gasteiger partial charge in [-0.15, -0.1) is 0 Å². The highest BCUT2D eigenvalue weighted by atomic mass is 16.5. The van der Waals surface area contributed by atoms with E-state index in [9.17, 15) is 5.11 Å². The average molecular weight is 243 g/mol. The second-order valence-corrected chi connectivity index (χ2v) is 6.56. The predicted octanol–water partition coefficient (Wildman–Crippen LogP) is 2.28. The highest BCUT2D eigenvalue weighted by Crippen LogP contribution is 2.42. The Hall–Kier alpha value is -0.120. The molecule has 3 unspecified atom stereocenters. The zero-order valence-electron chi connectivity index (χ0n) is 12.4. The number of aliphatic hydroxyl groups is 1. The molecular weight excluding hydrogens is 214 g/mol. The number of ether oxygens (including phenoxy) is 1. The fraction of sp³-hybridized carbons (Fsp3) is 1.00. The molecule has 0 aromatic rings. The molecule has 0 spiro atoms. The maximum absolute atomic E-state index is 10.4. The van der Waals surface area contributed by atoms with Crippen molar-refractivity contribution in [1.29, 1.82) is 0 Å². The van der Waals surface area contributed by atoms with Crippen LogP contribution in [0.25, 0.3) is 0 Å². The molecule has 0 saturated carbocycles. The summed E-state index contributed by atoms with van der Waals surface area (Å²) in [6.07, 6.45) is 0.730. The third kappa shape index (κ3) is 3.01. The van der Waals surface area contributed by atoms with E-state index in [0.29, 0.717) is 6.04 Å². The van der Waals surface area contributed by atoms with Crippen LogP contribution >= 0.6 is 0 Å². The average Bonchev–Trinajstić information content (AvgIpc) is 2.35. The maximum Gasteiger partial charge on any atom is 0.0896 e. The standard InChI is InChI=1S/C14H29NO2/c1-8-10(2)15(7)9-11-12(16)14(5,6)17-13(11,3)4/h10-12,16H,8-9H2,1-7H3. The van der Waals surface area contributed by atoms with Gasteiger partial charge in [-0.1, -0.05) is 6.92 Å². The first-order valence-electron chi connectivity index (χ1n) is 6.70. The van der Waals surface area contributed by atoms with Crippen molar-refractivity contribution in [2.45, 2.75) is 71.3 Å². The molecule has 0 aromatic carbocycles. The summed E-state index contributed by atoms with van der Waals surface area (Å²) < 4.78 is 6.00. The lowest BCUT2D eigenvalue weighted by atomic mass is 9.84. The van der Waals surface area contributed by atoms with E-state index in [2.05, 4.69) is 39.6 Å². The van der Waals surface area contributed by atoms with E-state index in [1.807, 2.05) is 13.8 Å². The minimum absolute atomic E-state index is 0.163. The highest BCUT2D eigenvalue weighted by Gasteiger charge is 2.53. The molecule has 1 N–H and O–H groups in total. The van der Waals surface area contributed by atoms with Gasteiger partial charge in [-0.3, -0.25) is 0 Å². The largest absolute Gasteiger partial charge is 0.390 e. The van der Waals surface area contributed by atoms with Crippen molar-refractivity contribution in [3.05, 3.63) is 0 Å². The van der Waals surface area contributed by atoms with Gasteiger partial charge in [-0.25, -0.2) is 0 Å². The quantitative estimate of drug-likeness (QED) is 0.822. The number of hydrogen-bond acceptors (Lipinski definition) is 3. The Labute approximate surface area is 106 Å². The molecule has 0 radical (unpaired) electrons. The van der Waals surface area contributed by atoms with Crippen molar-refractivity contribution in [2.75, 3.05) is 13.6 Å². The van der Waals surface area contributed by atoms with Gasteiger partial charge >= 0.3 is 0 Å². The molecule has 1 aliphatic heterocycles. The van der Waals surface area contributed by atoms with Crippen LogP contribution in [0.3, 0.4) is 0 Å². The topological polar surface area (TPSA) is 32.7 Å². The van der Waals surface area contributed by atoms with E-state index in [-0.39, 0.29) is 11.5 Å². The molecule has 3 heteroatoms. The van der Waals surface area contributed by atoms with Crippen molar-refractivity contribution in [3.63, 3.8) is 0 Å². The van der Waals surface area contributed by atoms with E-state index < -0.39 is 11.7 Å². The van der Waals surface area contributed by atoms with Gasteiger partial charge in [0.1, 0.15) is 0 Å². The maximum atomic E-state index is 10.4. The molecule has 1 aliphatic rings. The van der Waals surface area contributed by atoms with Gasteiger partial charge in [-0.2, -0.15) is 0 Å². The van der Waals surface area contributed by atoms with Crippen LogP contribution < -0.4 is 0 Å². The van der Waals surface area contributed by atoms with E-state index >= 15 is 0 Å². The fourth-order valence-corrected chi connectivity index (χ4v) is 2.80. The summed E-state index contributed by atoms with van der Waals surface area (Å²) in [6, 6.07) is 0.543. The van der Waals surface area contributed by atoms with Gasteiger partial charge < -0.3 is 14.7 Å². The second kappa shape index (κ2) is 4.87. The molecule has 17 heavy (non-hydrogen) atoms. The third-order valence-electron chi connectivity index (χ3n) is 4.34. The van der Waals surface area contributed by atoms with Crippen molar-refractivity contribution >= 4 is 0 Å². The number of rotatable bonds is 4. The Kier molecular flexibility index (Phi) is 4.28. The molecular formula is C14H29NO2. The smallest absolute Gasteiger partial charge is 0.0896 e. The zero-order valence-corrected chi connectivity index (χ0v) is 12.4. The van der Waals surface area contributed by atoms with Crippen LogP contribution in [-0.4, -0.2) is 46.9 Å². The first kappa shape index (κ1) is 14.9. The van der Waals surface area contributed by atoms with Crippen LogP contribution in [0.15, 0.2) is 0 Å². The summed E-state index contributed by atoms with van der Waals surface area (Å²) >= 11 is 0. The van der Waals surface area contributed by atoms with Gasteiger partial charge in [0.25, 0.3) is 0 Å². The summed E-state index contributed by atoms with van der Waals surface area (Å²) in [5, 5.41) is 10.4. The van der Waals surface area contributed by atoms with Crippen LogP contribution in [0.1, 0.15) is 48.0 Å². The van der Waals surface area contributed by atoms with Gasteiger partial charge in [0.05, 0.1) is 17.3 Å². The summed E-state index contributed by atoms with van der Waals surface area (Å²) in [4.78, 5) is 2.32. The Bertz CT molecular complexity index is 263. The molecule has 0 aromatic heterocycles. The minimum atomic E-state index is -0.440. The summed E-state index contributed by atoms with van der Waals surface area (Å²) in [6.45, 7) is 13.4. The van der Waals surface area contributed by atoms with Gasteiger partial charge in [0.15, 0.2) is 0 Å². The fourth-order valence-electron chi connectivity index (χ4n) is 2.80. The summed E-state index contributed by atoms with van der Waals surface area (Å²) in [5.41, 5.74) is -0.699. The molecule has 1 rings (SSSR count). The van der Waals surface area contributed by atoms with Gasteiger partial charge in [0, 0.05) is 18.5 Å². The summed E-state index contributed by atoms with van der Waals surface area (Å²) in [7, 11) is 2.13. The molecule has 0 bridgehead atoms. The Morgan fingerprint density at radius 3 is 2.12 bits per heavy atom. The molecule has 1 fully saturated rings. The van der Waals surface area contributed by atoms with Crippen LogP contribution in [0.4, 0.5) is 0 Å². The minimum Gasteiger partial charge on any atom is -0.390 e. The summed E-state index contributed by atoms with van der Waals surface area (Å²) in [5.74, 6) is 0.163. The van der Waals surface area contributed by atoms with Crippen LogP contribution in [0.2, 0.25) is 0 Å². The predicted molar refractivity (Wildman–Crippen MR) is 71.1 cm³/mol. The molecule has 3 atom stereocenters. The van der Waals surface area contributed by atoms with E-state index in [4.69, 9.17) is 4.74 Å². The SMILES string of the molecule is CCC(C)N(C)CC1C(O)C(C)(C)OC1(C)C. The number of nitrogens with zero attached hydrogens (tertiary/aromatic N) is 1. The van der Waals surface area contributed by atoms with Crippen molar-refractivity contribution in [2.24, 2.45) is 5.92 Å². The van der Waals surface area contributed by atoms with E-state index in [1.165, 1.54) is 0 Å². The third-order valence-corrected chi connectivity index (χ3v) is 4.34. The second-order valence-electron chi connectivity index (χ2n) is 6.56. The normalized spacial score (nSPS) is 33.0. The number of hydrogen-bond donors (Lipinski definition) is 1. The first-order chi connectivity index (χ1) is 7.62. The van der Waals surface area contributed by atoms with Crippen LogP contribution in [0.5, 0.6) is 0 Å². The van der Waals surface area contributed by atoms with Crippen LogP contribution in [0, 0.1) is 5.92 Å². The first-order valence-corrected chi connectivity index (χ1v) is 6.70. The Morgan fingerprint density at radius 1 is 1.24 bits per heavy atom. The monoisotopic (exact) mass is 243 g/mol. The zero-order chi connectivity index (χ0) is 13.4. The van der Waals surface area contributed by atoms with Crippen molar-refractivity contribution < 1.29 is 9.84 Å². The highest BCUT2D eigenvalue weighted by molar-refractivity contribution is 5.02. The molecule has 0 aliphatic carbocycles. The van der Waals surface area contributed by atoms with Crippen molar-refractivity contribution in [3.8, 4) is 0 Å². The lowest BCUT2D eigenvalue weighted by Crippen LogP contribution is -2.44. The Morgan fingerprint density at radius 2 is 1.76 bits per heavy atom. The van der Waals surface area contributed by atoms with E-state index in [1.54, 1.807) is 0 Å². The van der Waals surface area contributed by atoms with Crippen LogP contribution in [-0.2, 0) is 4.74 Å². The van der Waals surface area contributed by atoms with Gasteiger partial charge in [-0.05, 0) is 48.1 Å². The van der Waals surface area contributed by atoms with E-state index in [0.717, 1.165) is 13.0 Å². The molecule has 102 valence electrons.